The van der Waals surface area contributed by atoms with E-state index in [0.29, 0.717) is 6.04 Å². The van der Waals surface area contributed by atoms with Crippen molar-refractivity contribution in [1.82, 2.24) is 9.97 Å². The van der Waals surface area contributed by atoms with E-state index in [1.54, 1.807) is 0 Å². The molecular weight excluding hydrogens is 308 g/mol. The van der Waals surface area contributed by atoms with Crippen LogP contribution in [0.4, 0.5) is 11.6 Å². The zero-order chi connectivity index (χ0) is 16.4. The minimum absolute atomic E-state index is 0.404. The van der Waals surface area contributed by atoms with E-state index >= 15 is 0 Å². The number of halogens is 1. The Morgan fingerprint density at radius 2 is 2.09 bits per heavy atom. The average molecular weight is 331 g/mol. The van der Waals surface area contributed by atoms with Crippen LogP contribution in [0.2, 0.25) is 5.02 Å². The molecule has 0 unspecified atom stereocenters. The molecule has 2 aromatic rings. The number of nitrogens with one attached hydrogen (secondary N) is 1. The largest absolute Gasteiger partial charge is 0.367 e. The van der Waals surface area contributed by atoms with Gasteiger partial charge in [0.2, 0.25) is 0 Å². The van der Waals surface area contributed by atoms with E-state index in [1.165, 1.54) is 11.1 Å². The van der Waals surface area contributed by atoms with Gasteiger partial charge in [-0.25, -0.2) is 9.97 Å². The summed E-state index contributed by atoms with van der Waals surface area (Å²) in [6.07, 6.45) is 2.06. The summed E-state index contributed by atoms with van der Waals surface area (Å²) in [6, 6.07) is 8.62. The van der Waals surface area contributed by atoms with Crippen LogP contribution in [0.1, 0.15) is 37.2 Å². The van der Waals surface area contributed by atoms with Crippen molar-refractivity contribution in [3.05, 3.63) is 46.2 Å². The molecule has 0 fully saturated rings. The molecule has 1 aromatic heterocycles. The summed E-state index contributed by atoms with van der Waals surface area (Å²) in [4.78, 5) is 11.4. The van der Waals surface area contributed by atoms with Crippen molar-refractivity contribution in [2.75, 3.05) is 16.8 Å². The molecule has 2 heterocycles. The normalized spacial score (nSPS) is 15.2. The lowest BCUT2D eigenvalue weighted by Gasteiger charge is -2.30. The molecule has 0 spiro atoms. The number of nitrogens with zero attached hydrogens (tertiary/aromatic N) is 3. The maximum atomic E-state index is 6.09. The Balaban J connectivity index is 1.83. The van der Waals surface area contributed by atoms with Crippen molar-refractivity contribution in [1.29, 1.82) is 0 Å². The van der Waals surface area contributed by atoms with Gasteiger partial charge in [-0.2, -0.15) is 0 Å². The van der Waals surface area contributed by atoms with Crippen LogP contribution in [-0.2, 0) is 13.0 Å². The monoisotopic (exact) mass is 330 g/mol. The van der Waals surface area contributed by atoms with Gasteiger partial charge in [-0.1, -0.05) is 24.6 Å². The summed E-state index contributed by atoms with van der Waals surface area (Å²) in [5.41, 5.74) is 2.67. The van der Waals surface area contributed by atoms with Gasteiger partial charge in [0.1, 0.15) is 17.5 Å². The van der Waals surface area contributed by atoms with Crippen LogP contribution in [0.25, 0.3) is 0 Å². The molecule has 5 heteroatoms. The third kappa shape index (κ3) is 3.75. The molecule has 0 amide bonds. The van der Waals surface area contributed by atoms with Crippen molar-refractivity contribution in [3.63, 3.8) is 0 Å². The highest BCUT2D eigenvalue weighted by Crippen LogP contribution is 2.26. The molecule has 1 aliphatic rings. The van der Waals surface area contributed by atoms with Crippen molar-refractivity contribution in [2.24, 2.45) is 0 Å². The van der Waals surface area contributed by atoms with Gasteiger partial charge in [-0.15, -0.1) is 0 Å². The van der Waals surface area contributed by atoms with E-state index in [2.05, 4.69) is 52.2 Å². The zero-order valence-electron chi connectivity index (χ0n) is 13.9. The molecule has 0 saturated carbocycles. The van der Waals surface area contributed by atoms with E-state index in [4.69, 9.17) is 11.6 Å². The molecule has 1 aliphatic heterocycles. The first-order valence-electron chi connectivity index (χ1n) is 8.19. The molecule has 1 atom stereocenters. The van der Waals surface area contributed by atoms with Crippen molar-refractivity contribution in [2.45, 2.75) is 46.2 Å². The second kappa shape index (κ2) is 6.75. The Morgan fingerprint density at radius 3 is 2.87 bits per heavy atom. The molecule has 122 valence electrons. The Hall–Kier alpha value is -1.81. The number of anilines is 2. The number of aryl methyl sites for hydroxylation is 1. The van der Waals surface area contributed by atoms with Crippen LogP contribution in [0.5, 0.6) is 0 Å². The lowest BCUT2D eigenvalue weighted by molar-refractivity contribution is 0.714. The van der Waals surface area contributed by atoms with E-state index in [1.807, 2.05) is 13.0 Å². The second-order valence-electron chi connectivity index (χ2n) is 6.20. The predicted molar refractivity (Wildman–Crippen MR) is 96.4 cm³/mol. The molecule has 0 aliphatic carbocycles. The van der Waals surface area contributed by atoms with Gasteiger partial charge in [-0.3, -0.25) is 0 Å². The molecule has 1 aromatic carbocycles. The highest BCUT2D eigenvalue weighted by Gasteiger charge is 2.19. The summed E-state index contributed by atoms with van der Waals surface area (Å²) >= 11 is 6.09. The first-order chi connectivity index (χ1) is 11.0. The molecule has 0 saturated heterocycles. The fourth-order valence-corrected chi connectivity index (χ4v) is 3.05. The van der Waals surface area contributed by atoms with Crippen molar-refractivity contribution < 1.29 is 0 Å². The molecular formula is C18H23ClN4. The summed E-state index contributed by atoms with van der Waals surface area (Å²) in [7, 11) is 0. The molecule has 23 heavy (non-hydrogen) atoms. The SMILES string of the molecule is CC[C@@H](C)Nc1cc(N2CCc3cc(Cl)ccc3C2)nc(C)n1. The number of rotatable bonds is 4. The Kier molecular flexibility index (Phi) is 4.71. The maximum absolute atomic E-state index is 6.09. The first kappa shape index (κ1) is 16.1. The van der Waals surface area contributed by atoms with E-state index < -0.39 is 0 Å². The van der Waals surface area contributed by atoms with Gasteiger partial charge in [0, 0.05) is 30.2 Å². The highest BCUT2D eigenvalue weighted by atomic mass is 35.5. The molecule has 3 rings (SSSR count). The maximum Gasteiger partial charge on any atom is 0.134 e. The van der Waals surface area contributed by atoms with Crippen LogP contribution in [0.15, 0.2) is 24.3 Å². The number of fused-ring (bicyclic) bond motifs is 1. The van der Waals surface area contributed by atoms with Crippen molar-refractivity contribution >= 4 is 23.2 Å². The molecule has 0 radical (unpaired) electrons. The van der Waals surface area contributed by atoms with Crippen LogP contribution in [0.3, 0.4) is 0 Å². The van der Waals surface area contributed by atoms with Crippen LogP contribution in [0, 0.1) is 6.92 Å². The van der Waals surface area contributed by atoms with Gasteiger partial charge < -0.3 is 10.2 Å². The van der Waals surface area contributed by atoms with Crippen LogP contribution in [-0.4, -0.2) is 22.6 Å². The van der Waals surface area contributed by atoms with Crippen LogP contribution < -0.4 is 10.2 Å². The Labute approximate surface area is 142 Å². The van der Waals surface area contributed by atoms with Gasteiger partial charge in [0.15, 0.2) is 0 Å². The first-order valence-corrected chi connectivity index (χ1v) is 8.57. The van der Waals surface area contributed by atoms with E-state index in [-0.39, 0.29) is 0 Å². The fourth-order valence-electron chi connectivity index (χ4n) is 2.86. The third-order valence-electron chi connectivity index (χ3n) is 4.34. The molecule has 0 bridgehead atoms. The minimum Gasteiger partial charge on any atom is -0.367 e. The number of benzene rings is 1. The van der Waals surface area contributed by atoms with E-state index in [9.17, 15) is 0 Å². The van der Waals surface area contributed by atoms with Crippen LogP contribution >= 0.6 is 11.6 Å². The fraction of sp³-hybridized carbons (Fsp3) is 0.444. The van der Waals surface area contributed by atoms with Gasteiger partial charge >= 0.3 is 0 Å². The third-order valence-corrected chi connectivity index (χ3v) is 4.57. The number of hydrogen-bond acceptors (Lipinski definition) is 4. The predicted octanol–water partition coefficient (Wildman–Crippen LogP) is 4.21. The summed E-state index contributed by atoms with van der Waals surface area (Å²) in [6.45, 7) is 8.10. The summed E-state index contributed by atoms with van der Waals surface area (Å²) < 4.78 is 0. The lowest BCUT2D eigenvalue weighted by atomic mass is 10.00. The van der Waals surface area contributed by atoms with Crippen molar-refractivity contribution in [3.8, 4) is 0 Å². The highest BCUT2D eigenvalue weighted by molar-refractivity contribution is 6.30. The Bertz CT molecular complexity index is 701. The minimum atomic E-state index is 0.404. The second-order valence-corrected chi connectivity index (χ2v) is 6.63. The Morgan fingerprint density at radius 1 is 1.26 bits per heavy atom. The smallest absolute Gasteiger partial charge is 0.134 e. The zero-order valence-corrected chi connectivity index (χ0v) is 14.7. The topological polar surface area (TPSA) is 41.0 Å². The summed E-state index contributed by atoms with van der Waals surface area (Å²) in [5, 5.41) is 4.26. The lowest BCUT2D eigenvalue weighted by Crippen LogP contribution is -2.31. The van der Waals surface area contributed by atoms with E-state index in [0.717, 1.165) is 48.4 Å². The standard InChI is InChI=1S/C18H23ClN4/c1-4-12(2)20-17-10-18(22-13(3)21-17)23-8-7-14-9-16(19)6-5-15(14)11-23/h5-6,9-10,12H,4,7-8,11H2,1-3H3,(H,20,21,22)/t12-/m1/s1. The van der Waals surface area contributed by atoms with Gasteiger partial charge in [0.25, 0.3) is 0 Å². The number of hydrogen-bond donors (Lipinski definition) is 1. The van der Waals surface area contributed by atoms with Gasteiger partial charge in [0.05, 0.1) is 0 Å². The summed E-state index contributed by atoms with van der Waals surface area (Å²) in [5.74, 6) is 2.70. The van der Waals surface area contributed by atoms with Gasteiger partial charge in [-0.05, 0) is 49.9 Å². The molecule has 4 nitrogen and oxygen atoms in total. The quantitative estimate of drug-likeness (QED) is 0.911. The molecule has 1 N–H and O–H groups in total. The average Bonchev–Trinajstić information content (AvgIpc) is 2.53. The number of aromatic nitrogens is 2.